The van der Waals surface area contributed by atoms with E-state index >= 15 is 0 Å². The van der Waals surface area contributed by atoms with Crippen molar-refractivity contribution in [1.82, 2.24) is 4.98 Å². The van der Waals surface area contributed by atoms with Gasteiger partial charge in [-0.25, -0.2) is 4.98 Å². The van der Waals surface area contributed by atoms with Gasteiger partial charge in [0.1, 0.15) is 5.76 Å². The van der Waals surface area contributed by atoms with Crippen molar-refractivity contribution >= 4 is 5.82 Å². The summed E-state index contributed by atoms with van der Waals surface area (Å²) >= 11 is 0. The highest BCUT2D eigenvalue weighted by Crippen LogP contribution is 2.25. The highest BCUT2D eigenvalue weighted by molar-refractivity contribution is 5.50. The van der Waals surface area contributed by atoms with Gasteiger partial charge in [0.15, 0.2) is 11.6 Å². The third-order valence-electron chi connectivity index (χ3n) is 2.56. The van der Waals surface area contributed by atoms with Crippen molar-refractivity contribution in [3.8, 4) is 5.75 Å². The van der Waals surface area contributed by atoms with Gasteiger partial charge in [-0.2, -0.15) is 0 Å². The van der Waals surface area contributed by atoms with Crippen molar-refractivity contribution < 1.29 is 9.15 Å². The molecule has 0 saturated heterocycles. The van der Waals surface area contributed by atoms with Crippen molar-refractivity contribution in [2.75, 3.05) is 11.9 Å². The zero-order valence-electron chi connectivity index (χ0n) is 10.7. The third kappa shape index (κ3) is 3.03. The minimum Gasteiger partial charge on any atom is -0.490 e. The lowest BCUT2D eigenvalue weighted by molar-refractivity contribution is 0.317. The maximum absolute atomic E-state index is 5.65. The molecule has 0 fully saturated rings. The molecule has 0 saturated carbocycles. The fourth-order valence-electron chi connectivity index (χ4n) is 1.64. The standard InChI is InChI=1S/C14H18N2O2/c1-3-9-17-13-6-4-8-15-14(13)16-11(2)12-7-5-10-18-12/h4-8,10-11H,3,9H2,1-2H3,(H,15,16). The topological polar surface area (TPSA) is 47.3 Å². The largest absolute Gasteiger partial charge is 0.490 e. The second-order valence-electron chi connectivity index (χ2n) is 4.08. The van der Waals surface area contributed by atoms with E-state index in [4.69, 9.17) is 9.15 Å². The Morgan fingerprint density at radius 3 is 3.00 bits per heavy atom. The van der Waals surface area contributed by atoms with Crippen molar-refractivity contribution in [1.29, 1.82) is 0 Å². The molecule has 2 heterocycles. The molecule has 4 heteroatoms. The molecular formula is C14H18N2O2. The molecule has 2 rings (SSSR count). The highest BCUT2D eigenvalue weighted by atomic mass is 16.5. The quantitative estimate of drug-likeness (QED) is 0.845. The fourth-order valence-corrected chi connectivity index (χ4v) is 1.64. The Balaban J connectivity index is 2.08. The number of hydrogen-bond acceptors (Lipinski definition) is 4. The van der Waals surface area contributed by atoms with Crippen molar-refractivity contribution in [2.24, 2.45) is 0 Å². The van der Waals surface area contributed by atoms with E-state index in [0.717, 1.165) is 23.7 Å². The van der Waals surface area contributed by atoms with E-state index in [1.165, 1.54) is 0 Å². The predicted octanol–water partition coefficient (Wildman–Crippen LogP) is 3.64. The zero-order chi connectivity index (χ0) is 12.8. The normalized spacial score (nSPS) is 12.1. The summed E-state index contributed by atoms with van der Waals surface area (Å²) in [6, 6.07) is 7.65. The van der Waals surface area contributed by atoms with Gasteiger partial charge in [-0.05, 0) is 37.6 Å². The molecule has 0 radical (unpaired) electrons. The zero-order valence-corrected chi connectivity index (χ0v) is 10.7. The number of nitrogens with zero attached hydrogens (tertiary/aromatic N) is 1. The van der Waals surface area contributed by atoms with E-state index in [1.807, 2.05) is 31.2 Å². The molecule has 0 amide bonds. The first-order valence-electron chi connectivity index (χ1n) is 6.19. The van der Waals surface area contributed by atoms with Crippen LogP contribution in [0.1, 0.15) is 32.1 Å². The number of nitrogens with one attached hydrogen (secondary N) is 1. The van der Waals surface area contributed by atoms with Crippen LogP contribution < -0.4 is 10.1 Å². The van der Waals surface area contributed by atoms with Gasteiger partial charge in [-0.1, -0.05) is 6.92 Å². The van der Waals surface area contributed by atoms with E-state index in [0.29, 0.717) is 6.61 Å². The molecule has 0 spiro atoms. The summed E-state index contributed by atoms with van der Waals surface area (Å²) in [6.45, 7) is 4.79. The van der Waals surface area contributed by atoms with Gasteiger partial charge < -0.3 is 14.5 Å². The van der Waals surface area contributed by atoms with E-state index < -0.39 is 0 Å². The molecule has 0 aromatic carbocycles. The van der Waals surface area contributed by atoms with Crippen molar-refractivity contribution in [2.45, 2.75) is 26.3 Å². The molecule has 2 aromatic rings. The van der Waals surface area contributed by atoms with Gasteiger partial charge in [-0.3, -0.25) is 0 Å². The molecule has 0 bridgehead atoms. The van der Waals surface area contributed by atoms with Crippen LogP contribution in [0.25, 0.3) is 0 Å². The number of hydrogen-bond donors (Lipinski definition) is 1. The lowest BCUT2D eigenvalue weighted by atomic mass is 10.2. The van der Waals surface area contributed by atoms with E-state index in [-0.39, 0.29) is 6.04 Å². The van der Waals surface area contributed by atoms with Gasteiger partial charge in [0.05, 0.1) is 18.9 Å². The van der Waals surface area contributed by atoms with Crippen molar-refractivity contribution in [3.05, 3.63) is 42.5 Å². The summed E-state index contributed by atoms with van der Waals surface area (Å²) in [7, 11) is 0. The molecule has 0 aliphatic heterocycles. The molecule has 1 atom stereocenters. The first-order chi connectivity index (χ1) is 8.81. The molecule has 18 heavy (non-hydrogen) atoms. The van der Waals surface area contributed by atoms with Gasteiger partial charge in [0, 0.05) is 6.20 Å². The van der Waals surface area contributed by atoms with Gasteiger partial charge in [-0.15, -0.1) is 0 Å². The summed E-state index contributed by atoms with van der Waals surface area (Å²) in [4.78, 5) is 4.30. The van der Waals surface area contributed by atoms with Crippen LogP contribution in [0.5, 0.6) is 5.75 Å². The Hall–Kier alpha value is -1.97. The lowest BCUT2D eigenvalue weighted by Crippen LogP contribution is -2.09. The molecule has 1 N–H and O–H groups in total. The predicted molar refractivity (Wildman–Crippen MR) is 70.8 cm³/mol. The van der Waals surface area contributed by atoms with Crippen LogP contribution in [-0.4, -0.2) is 11.6 Å². The van der Waals surface area contributed by atoms with Crippen LogP contribution >= 0.6 is 0 Å². The smallest absolute Gasteiger partial charge is 0.169 e. The number of rotatable bonds is 6. The number of ether oxygens (including phenoxy) is 1. The molecule has 1 unspecified atom stereocenters. The third-order valence-corrected chi connectivity index (χ3v) is 2.56. The summed E-state index contributed by atoms with van der Waals surface area (Å²) in [6.07, 6.45) is 4.39. The van der Waals surface area contributed by atoms with E-state index in [9.17, 15) is 0 Å². The Bertz CT molecular complexity index is 468. The van der Waals surface area contributed by atoms with Crippen LogP contribution in [0.15, 0.2) is 41.1 Å². The second kappa shape index (κ2) is 6.10. The maximum Gasteiger partial charge on any atom is 0.169 e. The van der Waals surface area contributed by atoms with Crippen LogP contribution in [0.3, 0.4) is 0 Å². The fraction of sp³-hybridized carbons (Fsp3) is 0.357. The van der Waals surface area contributed by atoms with E-state index in [2.05, 4.69) is 17.2 Å². The Morgan fingerprint density at radius 1 is 1.39 bits per heavy atom. The van der Waals surface area contributed by atoms with Gasteiger partial charge in [0.25, 0.3) is 0 Å². The molecule has 2 aromatic heterocycles. The Morgan fingerprint density at radius 2 is 2.28 bits per heavy atom. The average Bonchev–Trinajstić information content (AvgIpc) is 2.91. The van der Waals surface area contributed by atoms with Gasteiger partial charge in [0.2, 0.25) is 0 Å². The van der Waals surface area contributed by atoms with E-state index in [1.54, 1.807) is 12.5 Å². The minimum absolute atomic E-state index is 0.0545. The first-order valence-corrected chi connectivity index (χ1v) is 6.19. The summed E-state index contributed by atoms with van der Waals surface area (Å²) in [5, 5.41) is 3.29. The number of furan rings is 1. The second-order valence-corrected chi connectivity index (χ2v) is 4.08. The Kier molecular flexibility index (Phi) is 4.23. The van der Waals surface area contributed by atoms with Crippen molar-refractivity contribution in [3.63, 3.8) is 0 Å². The lowest BCUT2D eigenvalue weighted by Gasteiger charge is -2.15. The summed E-state index contributed by atoms with van der Waals surface area (Å²) < 4.78 is 11.0. The molecule has 96 valence electrons. The van der Waals surface area contributed by atoms with Crippen LogP contribution in [-0.2, 0) is 0 Å². The molecule has 4 nitrogen and oxygen atoms in total. The highest BCUT2D eigenvalue weighted by Gasteiger charge is 2.11. The molecule has 0 aliphatic carbocycles. The Labute approximate surface area is 107 Å². The average molecular weight is 246 g/mol. The number of aromatic nitrogens is 1. The summed E-state index contributed by atoms with van der Waals surface area (Å²) in [5.41, 5.74) is 0. The summed E-state index contributed by atoms with van der Waals surface area (Å²) in [5.74, 6) is 2.40. The van der Waals surface area contributed by atoms with Crippen LogP contribution in [0.2, 0.25) is 0 Å². The van der Waals surface area contributed by atoms with Crippen LogP contribution in [0, 0.1) is 0 Å². The minimum atomic E-state index is 0.0545. The first kappa shape index (κ1) is 12.5. The van der Waals surface area contributed by atoms with Crippen LogP contribution in [0.4, 0.5) is 5.82 Å². The maximum atomic E-state index is 5.65. The van der Waals surface area contributed by atoms with Gasteiger partial charge >= 0.3 is 0 Å². The molecule has 0 aliphatic rings. The number of pyridine rings is 1. The monoisotopic (exact) mass is 246 g/mol. The number of anilines is 1. The SMILES string of the molecule is CCCOc1cccnc1NC(C)c1ccco1. The molecular weight excluding hydrogens is 228 g/mol.